The Kier molecular flexibility index (Phi) is 22.2. The maximum atomic E-state index is 14.5. The maximum absolute atomic E-state index is 14.5. The fourth-order valence-corrected chi connectivity index (χ4v) is 11.7. The highest BCUT2D eigenvalue weighted by Gasteiger charge is 2.55. The van der Waals surface area contributed by atoms with Gasteiger partial charge in [-0.25, -0.2) is 9.59 Å². The van der Waals surface area contributed by atoms with Crippen LogP contribution in [0.5, 0.6) is 0 Å². The zero-order valence-corrected chi connectivity index (χ0v) is 47.9. The first-order valence-corrected chi connectivity index (χ1v) is 27.2. The van der Waals surface area contributed by atoms with Gasteiger partial charge < -0.3 is 77.8 Å². The van der Waals surface area contributed by atoms with Crippen LogP contribution in [0.4, 0.5) is 4.79 Å². The number of nitrogens with zero attached hydrogens (tertiary/aromatic N) is 2. The molecule has 0 bridgehead atoms. The predicted molar refractivity (Wildman–Crippen MR) is 283 cm³/mol. The topological polar surface area (TPSA) is 270 Å². The van der Waals surface area contributed by atoms with E-state index in [2.05, 4.69) is 5.32 Å². The number of aryl methyl sites for hydroxylation is 2. The van der Waals surface area contributed by atoms with Crippen LogP contribution >= 0.6 is 0 Å². The number of amides is 1. The molecule has 1 aromatic carbocycles. The number of pyridine rings is 1. The van der Waals surface area contributed by atoms with Gasteiger partial charge in [0.1, 0.15) is 34.8 Å². The van der Waals surface area contributed by atoms with Crippen molar-refractivity contribution < 1.29 is 82.2 Å². The van der Waals surface area contributed by atoms with Crippen LogP contribution in [0.15, 0.2) is 29.2 Å². The van der Waals surface area contributed by atoms with Gasteiger partial charge in [-0.05, 0) is 112 Å². The summed E-state index contributed by atoms with van der Waals surface area (Å²) in [5, 5.41) is 47.9. The fourth-order valence-electron chi connectivity index (χ4n) is 11.7. The number of carboxylic acid groups (broad SMARTS) is 1. The minimum absolute atomic E-state index is 0.00795. The average molecular weight is 1090 g/mol. The normalized spacial score (nSPS) is 36.8. The van der Waals surface area contributed by atoms with Gasteiger partial charge in [0.15, 0.2) is 18.7 Å². The van der Waals surface area contributed by atoms with Crippen molar-refractivity contribution in [2.45, 2.75) is 205 Å². The quantitative estimate of drug-likeness (QED) is 0.0986. The number of aliphatic hydroxyl groups excluding tert-OH is 2. The van der Waals surface area contributed by atoms with E-state index in [-0.39, 0.29) is 55.9 Å². The number of ether oxygens (including phenoxy) is 9. The minimum atomic E-state index is -2.03. The van der Waals surface area contributed by atoms with E-state index in [0.29, 0.717) is 43.3 Å². The number of rotatable bonds is 18. The average Bonchev–Trinajstić information content (AvgIpc) is 3.38. The molecule has 3 saturated heterocycles. The molecule has 1 aromatic heterocycles. The number of carboxylic acids is 1. The number of aliphatic hydroxyl groups is 3. The van der Waals surface area contributed by atoms with E-state index in [4.69, 9.17) is 42.6 Å². The Morgan fingerprint density at radius 1 is 0.896 bits per heavy atom. The number of Topliss-reactive ketones (excluding diaryl/α,β-unsaturated/α-hetero) is 1. The Balaban J connectivity index is 1.33. The smallest absolute Gasteiger partial charge is 0.407 e. The lowest BCUT2D eigenvalue weighted by molar-refractivity contribution is -0.319. The van der Waals surface area contributed by atoms with E-state index in [1.165, 1.54) is 34.3 Å². The molecule has 4 heterocycles. The number of ketones is 1. The number of carbonyl (C=O) groups excluding carboxylic acids is 3. The van der Waals surface area contributed by atoms with E-state index >= 15 is 0 Å². The van der Waals surface area contributed by atoms with Crippen molar-refractivity contribution in [3.8, 4) is 0 Å². The summed E-state index contributed by atoms with van der Waals surface area (Å²) >= 11 is 0. The zero-order valence-electron chi connectivity index (χ0n) is 47.9. The number of esters is 1. The summed E-state index contributed by atoms with van der Waals surface area (Å²) in [5.41, 5.74) is -3.86. The van der Waals surface area contributed by atoms with Crippen molar-refractivity contribution in [1.82, 2.24) is 14.8 Å². The highest BCUT2D eigenvalue weighted by atomic mass is 16.7. The van der Waals surface area contributed by atoms with Gasteiger partial charge in [-0.1, -0.05) is 33.8 Å². The molecule has 1 amide bonds. The van der Waals surface area contributed by atoms with Gasteiger partial charge in [-0.2, -0.15) is 0 Å². The number of methoxy groups -OCH3 is 2. The first-order valence-electron chi connectivity index (χ1n) is 27.2. The van der Waals surface area contributed by atoms with Crippen LogP contribution < -0.4 is 10.7 Å². The molecule has 5 N–H and O–H groups in total. The third-order valence-corrected chi connectivity index (χ3v) is 16.4. The lowest BCUT2D eigenvalue weighted by Crippen LogP contribution is -2.62. The molecule has 3 fully saturated rings. The fraction of sp³-hybridized carbons (Fsp3) is 0.768. The van der Waals surface area contributed by atoms with Gasteiger partial charge >= 0.3 is 18.0 Å². The number of cyclic esters (lactones) is 1. The molecular formula is C56H89N3O18. The number of alkyl carbamates (subject to hydrolysis) is 1. The summed E-state index contributed by atoms with van der Waals surface area (Å²) in [5.74, 6) is -6.15. The molecular weight excluding hydrogens is 1000 g/mol. The van der Waals surface area contributed by atoms with Crippen LogP contribution in [-0.4, -0.2) is 186 Å². The number of hydrogen-bond acceptors (Lipinski definition) is 18. The summed E-state index contributed by atoms with van der Waals surface area (Å²) in [6, 6.07) is 5.11. The minimum Gasteiger partial charge on any atom is -0.477 e. The molecule has 3 aliphatic heterocycles. The second-order valence-corrected chi connectivity index (χ2v) is 22.5. The first kappa shape index (κ1) is 63.7. The molecule has 0 aliphatic carbocycles. The van der Waals surface area contributed by atoms with Crippen LogP contribution in [0.2, 0.25) is 0 Å². The Morgan fingerprint density at radius 2 is 1.56 bits per heavy atom. The number of benzene rings is 1. The molecule has 0 saturated carbocycles. The maximum Gasteiger partial charge on any atom is 0.407 e. The number of nitrogens with one attached hydrogen (secondary N) is 1. The Hall–Kier alpha value is -4.13. The summed E-state index contributed by atoms with van der Waals surface area (Å²) < 4.78 is 58.6. The van der Waals surface area contributed by atoms with E-state index in [0.717, 1.165) is 5.56 Å². The Morgan fingerprint density at radius 3 is 2.17 bits per heavy atom. The van der Waals surface area contributed by atoms with Crippen molar-refractivity contribution in [2.24, 2.45) is 23.7 Å². The number of hydrogen-bond donors (Lipinski definition) is 5. The van der Waals surface area contributed by atoms with Gasteiger partial charge in [-0.15, -0.1) is 0 Å². The van der Waals surface area contributed by atoms with Crippen molar-refractivity contribution in [2.75, 3.05) is 48.1 Å². The molecule has 77 heavy (non-hydrogen) atoms. The highest BCUT2D eigenvalue weighted by molar-refractivity contribution is 5.92. The SMILES string of the molecule is CC[C@H]1OC(=O)[C@H](C)[C@@H](O[C@H]2C[C@@](C)(OC)[C@@H](OC(=O)NCCOCCCc3ccc4c(c3)c(=O)c(C(=O)O)cn4CC)[C@H](C)O2)[C@H](C)[C@@H](O[C@@H]2O[C@H](C)C[C@H](N(C)C)[C@H]2O)[C@](C)(OC)C[C@@H](C)C(=O)[C@H](C)[C@@H](O)[C@]1(C)O. The molecule has 21 nitrogen and oxygen atoms in total. The van der Waals surface area contributed by atoms with Gasteiger partial charge in [0, 0.05) is 75.7 Å². The molecule has 5 rings (SSSR count). The first-order chi connectivity index (χ1) is 36.1. The molecule has 3 aliphatic rings. The number of aromatic carboxylic acids is 1. The third kappa shape index (κ3) is 14.6. The molecule has 21 heteroatoms. The largest absolute Gasteiger partial charge is 0.477 e. The van der Waals surface area contributed by atoms with Crippen LogP contribution in [0.3, 0.4) is 0 Å². The molecule has 2 aromatic rings. The number of likely N-dealkylation sites (N-methyl/N-ethyl adjacent to an activating group) is 1. The van der Waals surface area contributed by atoms with Crippen LogP contribution in [0.25, 0.3) is 10.9 Å². The molecule has 436 valence electrons. The Labute approximate surface area is 453 Å². The van der Waals surface area contributed by atoms with Crippen LogP contribution in [0, 0.1) is 23.7 Å². The van der Waals surface area contributed by atoms with Crippen molar-refractivity contribution >= 4 is 34.7 Å². The number of fused-ring (bicyclic) bond motifs is 1. The lowest BCUT2D eigenvalue weighted by Gasteiger charge is -2.50. The van der Waals surface area contributed by atoms with E-state index in [1.807, 2.05) is 51.9 Å². The van der Waals surface area contributed by atoms with Gasteiger partial charge in [-0.3, -0.25) is 14.4 Å². The van der Waals surface area contributed by atoms with E-state index in [9.17, 15) is 44.4 Å². The van der Waals surface area contributed by atoms with Crippen molar-refractivity contribution in [3.63, 3.8) is 0 Å². The van der Waals surface area contributed by atoms with Gasteiger partial charge in [0.25, 0.3) is 0 Å². The molecule has 18 atom stereocenters. The number of carbonyl (C=O) groups is 4. The Bertz CT molecular complexity index is 2380. The zero-order chi connectivity index (χ0) is 57.5. The van der Waals surface area contributed by atoms with Crippen LogP contribution in [0.1, 0.15) is 124 Å². The number of aromatic nitrogens is 1. The molecule has 0 spiro atoms. The molecule has 0 radical (unpaired) electrons. The summed E-state index contributed by atoms with van der Waals surface area (Å²) in [6.45, 7) is 19.9. The highest BCUT2D eigenvalue weighted by Crippen LogP contribution is 2.42. The standard InChI is InChI=1S/C56H89N3O18/c1-16-41-56(11,68)47(63)32(5)43(60)30(3)27-54(9,69-14)48(76-52-45(62)40(58(12)13)25-31(4)72-52)33(6)46(34(7)51(66)74-41)75-42-28-55(10,70-15)49(35(8)73-42)77-53(67)57-22-24-71-23-18-19-36-20-21-39-37(26-36)44(61)38(50(64)65)29-59(39)17-2/h20-21,26,29-35,40-42,45-49,52,62-63,68H,16-19,22-25,27-28H2,1-15H3,(H,57,67)(H,64,65)/t30-,31-,32+,33+,34-,35+,40+,41-,42+,45-,46+,47-,48-,49+,52+,54-,55-,56-/m1/s1. The van der Waals surface area contributed by atoms with Crippen LogP contribution in [-0.2, 0) is 65.2 Å². The lowest BCUT2D eigenvalue weighted by atomic mass is 9.74. The summed E-state index contributed by atoms with van der Waals surface area (Å²) in [7, 11) is 6.69. The van der Waals surface area contributed by atoms with E-state index in [1.54, 1.807) is 52.2 Å². The predicted octanol–water partition coefficient (Wildman–Crippen LogP) is 4.86. The summed E-state index contributed by atoms with van der Waals surface area (Å²) in [6.07, 6.45) is -8.01. The monoisotopic (exact) mass is 1090 g/mol. The van der Waals surface area contributed by atoms with Crippen molar-refractivity contribution in [1.29, 1.82) is 0 Å². The second-order valence-electron chi connectivity index (χ2n) is 22.5. The molecule has 0 unspecified atom stereocenters. The van der Waals surface area contributed by atoms with Gasteiger partial charge in [0.2, 0.25) is 5.43 Å². The van der Waals surface area contributed by atoms with E-state index < -0.39 is 119 Å². The summed E-state index contributed by atoms with van der Waals surface area (Å²) in [4.78, 5) is 68.7. The van der Waals surface area contributed by atoms with Gasteiger partial charge in [0.05, 0.1) is 54.2 Å². The second kappa shape index (κ2) is 26.9. The van der Waals surface area contributed by atoms with Crippen molar-refractivity contribution in [3.05, 3.63) is 45.7 Å². The third-order valence-electron chi connectivity index (χ3n) is 16.4.